The number of ether oxygens (including phenoxy) is 1. The quantitative estimate of drug-likeness (QED) is 0.686. The molecule has 0 aromatic carbocycles. The molecule has 0 aliphatic heterocycles. The number of hydrogen-bond acceptors (Lipinski definition) is 2. The lowest BCUT2D eigenvalue weighted by molar-refractivity contribution is 0.0323. The predicted molar refractivity (Wildman–Crippen MR) is 69.7 cm³/mol. The molecule has 1 saturated carbocycles. The molecule has 16 heavy (non-hydrogen) atoms. The van der Waals surface area contributed by atoms with Crippen LogP contribution in [0.15, 0.2) is 0 Å². The van der Waals surface area contributed by atoms with Gasteiger partial charge in [-0.3, -0.25) is 0 Å². The molecule has 1 atom stereocenters. The summed E-state index contributed by atoms with van der Waals surface area (Å²) in [6, 6.07) is 0.797. The van der Waals surface area contributed by atoms with E-state index in [9.17, 15) is 0 Å². The van der Waals surface area contributed by atoms with Crippen molar-refractivity contribution in [2.24, 2.45) is 5.41 Å². The predicted octanol–water partition coefficient (Wildman–Crippen LogP) is 3.36. The third-order valence-electron chi connectivity index (χ3n) is 3.03. The molecule has 0 aromatic rings. The van der Waals surface area contributed by atoms with Crippen molar-refractivity contribution in [3.05, 3.63) is 0 Å². The van der Waals surface area contributed by atoms with Gasteiger partial charge in [0.2, 0.25) is 0 Å². The van der Waals surface area contributed by atoms with Crippen LogP contribution in [0, 0.1) is 5.41 Å². The Bertz CT molecular complexity index is 182. The van der Waals surface area contributed by atoms with Crippen molar-refractivity contribution in [1.82, 2.24) is 5.32 Å². The molecule has 0 heterocycles. The van der Waals surface area contributed by atoms with Crippen molar-refractivity contribution >= 4 is 0 Å². The summed E-state index contributed by atoms with van der Waals surface area (Å²) in [6.45, 7) is 11.0. The highest BCUT2D eigenvalue weighted by Gasteiger charge is 2.22. The minimum atomic E-state index is 0.390. The van der Waals surface area contributed by atoms with E-state index in [2.05, 4.69) is 33.0 Å². The number of rotatable bonds is 8. The lowest BCUT2D eigenvalue weighted by Crippen LogP contribution is -2.31. The molecule has 1 aliphatic carbocycles. The molecule has 1 aliphatic rings. The Balaban J connectivity index is 2.10. The fourth-order valence-electron chi connectivity index (χ4n) is 1.68. The molecule has 0 radical (unpaired) electrons. The zero-order valence-corrected chi connectivity index (χ0v) is 11.5. The second-order valence-corrected chi connectivity index (χ2v) is 6.27. The Morgan fingerprint density at radius 1 is 1.31 bits per heavy atom. The van der Waals surface area contributed by atoms with Gasteiger partial charge in [-0.25, -0.2) is 0 Å². The van der Waals surface area contributed by atoms with Gasteiger partial charge in [-0.05, 0) is 31.1 Å². The van der Waals surface area contributed by atoms with Crippen LogP contribution < -0.4 is 5.32 Å². The first-order chi connectivity index (χ1) is 7.51. The summed E-state index contributed by atoms with van der Waals surface area (Å²) in [5, 5.41) is 3.56. The van der Waals surface area contributed by atoms with Crippen molar-refractivity contribution in [2.75, 3.05) is 13.2 Å². The van der Waals surface area contributed by atoms with E-state index in [0.29, 0.717) is 11.5 Å². The van der Waals surface area contributed by atoms with E-state index in [1.807, 2.05) is 0 Å². The average molecular weight is 227 g/mol. The maximum atomic E-state index is 5.97. The van der Waals surface area contributed by atoms with Crippen LogP contribution in [-0.2, 0) is 4.74 Å². The molecular weight excluding hydrogens is 198 g/mol. The Kier molecular flexibility index (Phi) is 5.77. The zero-order valence-electron chi connectivity index (χ0n) is 11.5. The summed E-state index contributed by atoms with van der Waals surface area (Å²) in [5.74, 6) is 0. The monoisotopic (exact) mass is 227 g/mol. The molecule has 0 amide bonds. The van der Waals surface area contributed by atoms with Crippen LogP contribution in [0.5, 0.6) is 0 Å². The summed E-state index contributed by atoms with van der Waals surface area (Å²) in [5.41, 5.74) is 0.390. The van der Waals surface area contributed by atoms with Gasteiger partial charge in [0.1, 0.15) is 0 Å². The first kappa shape index (κ1) is 14.0. The molecule has 0 spiro atoms. The fourth-order valence-corrected chi connectivity index (χ4v) is 1.68. The highest BCUT2D eigenvalue weighted by Crippen LogP contribution is 2.20. The minimum absolute atomic E-state index is 0.390. The topological polar surface area (TPSA) is 21.3 Å². The number of nitrogens with one attached hydrogen (secondary N) is 1. The lowest BCUT2D eigenvalue weighted by Gasteiger charge is -2.22. The Morgan fingerprint density at radius 3 is 2.50 bits per heavy atom. The van der Waals surface area contributed by atoms with Crippen LogP contribution in [0.1, 0.15) is 59.8 Å². The van der Waals surface area contributed by atoms with Gasteiger partial charge in [-0.15, -0.1) is 0 Å². The maximum Gasteiger partial charge on any atom is 0.0699 e. The van der Waals surface area contributed by atoms with Crippen LogP contribution in [0.4, 0.5) is 0 Å². The van der Waals surface area contributed by atoms with E-state index in [4.69, 9.17) is 4.74 Å². The van der Waals surface area contributed by atoms with Crippen LogP contribution in [-0.4, -0.2) is 25.3 Å². The highest BCUT2D eigenvalue weighted by atomic mass is 16.5. The molecule has 2 heteroatoms. The maximum absolute atomic E-state index is 5.97. The van der Waals surface area contributed by atoms with Gasteiger partial charge in [0, 0.05) is 19.2 Å². The summed E-state index contributed by atoms with van der Waals surface area (Å²) in [4.78, 5) is 0. The van der Waals surface area contributed by atoms with Crippen molar-refractivity contribution in [2.45, 2.75) is 71.9 Å². The standard InChI is InChI=1S/C14H29NO/c1-5-6-13(11-15-12-7-8-12)16-10-9-14(2,3)4/h12-13,15H,5-11H2,1-4H3. The van der Waals surface area contributed by atoms with Gasteiger partial charge >= 0.3 is 0 Å². The highest BCUT2D eigenvalue weighted by molar-refractivity contribution is 4.82. The molecule has 1 fully saturated rings. The minimum Gasteiger partial charge on any atom is -0.377 e. The third-order valence-corrected chi connectivity index (χ3v) is 3.03. The van der Waals surface area contributed by atoms with Crippen LogP contribution >= 0.6 is 0 Å². The molecule has 2 nitrogen and oxygen atoms in total. The van der Waals surface area contributed by atoms with Gasteiger partial charge in [0.25, 0.3) is 0 Å². The van der Waals surface area contributed by atoms with Crippen LogP contribution in [0.25, 0.3) is 0 Å². The van der Waals surface area contributed by atoms with Crippen molar-refractivity contribution in [3.63, 3.8) is 0 Å². The molecule has 1 N–H and O–H groups in total. The Hall–Kier alpha value is -0.0800. The summed E-state index contributed by atoms with van der Waals surface area (Å²) >= 11 is 0. The van der Waals surface area contributed by atoms with Gasteiger partial charge in [-0.2, -0.15) is 0 Å². The Morgan fingerprint density at radius 2 is 2.00 bits per heavy atom. The molecule has 0 aromatic heterocycles. The third kappa shape index (κ3) is 7.24. The summed E-state index contributed by atoms with van der Waals surface area (Å²) in [6.07, 6.45) is 6.70. The fraction of sp³-hybridized carbons (Fsp3) is 1.00. The summed E-state index contributed by atoms with van der Waals surface area (Å²) in [7, 11) is 0. The van der Waals surface area contributed by atoms with Crippen LogP contribution in [0.2, 0.25) is 0 Å². The zero-order chi connectivity index (χ0) is 12.0. The summed E-state index contributed by atoms with van der Waals surface area (Å²) < 4.78 is 5.97. The van der Waals surface area contributed by atoms with E-state index in [0.717, 1.165) is 25.6 Å². The number of hydrogen-bond donors (Lipinski definition) is 1. The molecule has 96 valence electrons. The van der Waals surface area contributed by atoms with Gasteiger partial charge in [0.05, 0.1) is 6.10 Å². The molecular formula is C14H29NO. The van der Waals surface area contributed by atoms with Crippen LogP contribution in [0.3, 0.4) is 0 Å². The molecule has 1 rings (SSSR count). The second-order valence-electron chi connectivity index (χ2n) is 6.27. The van der Waals surface area contributed by atoms with E-state index >= 15 is 0 Å². The lowest BCUT2D eigenvalue weighted by atomic mass is 9.93. The normalized spacial score (nSPS) is 18.8. The Labute approximate surface area is 101 Å². The average Bonchev–Trinajstić information content (AvgIpc) is 2.95. The largest absolute Gasteiger partial charge is 0.377 e. The van der Waals surface area contributed by atoms with Gasteiger partial charge in [-0.1, -0.05) is 34.1 Å². The molecule has 0 bridgehead atoms. The van der Waals surface area contributed by atoms with Crippen molar-refractivity contribution in [3.8, 4) is 0 Å². The van der Waals surface area contributed by atoms with Gasteiger partial charge in [0.15, 0.2) is 0 Å². The smallest absolute Gasteiger partial charge is 0.0699 e. The second kappa shape index (κ2) is 6.61. The van der Waals surface area contributed by atoms with E-state index in [1.165, 1.54) is 25.7 Å². The van der Waals surface area contributed by atoms with Crippen molar-refractivity contribution in [1.29, 1.82) is 0 Å². The SMILES string of the molecule is CCCC(CNC1CC1)OCCC(C)(C)C. The first-order valence-corrected chi connectivity index (χ1v) is 6.86. The van der Waals surface area contributed by atoms with E-state index < -0.39 is 0 Å². The molecule has 1 unspecified atom stereocenters. The van der Waals surface area contributed by atoms with E-state index in [1.54, 1.807) is 0 Å². The van der Waals surface area contributed by atoms with E-state index in [-0.39, 0.29) is 0 Å². The van der Waals surface area contributed by atoms with Crippen molar-refractivity contribution < 1.29 is 4.74 Å². The molecule has 0 saturated heterocycles. The first-order valence-electron chi connectivity index (χ1n) is 6.86. The van der Waals surface area contributed by atoms with Gasteiger partial charge < -0.3 is 10.1 Å².